The Kier molecular flexibility index (Phi) is 1.56. The summed E-state index contributed by atoms with van der Waals surface area (Å²) in [5.41, 5.74) is 0. The van der Waals surface area contributed by atoms with Gasteiger partial charge in [0.05, 0.1) is 4.75 Å². The van der Waals surface area contributed by atoms with Crippen molar-refractivity contribution in [1.82, 2.24) is 0 Å². The predicted octanol–water partition coefficient (Wildman–Crippen LogP) is 0.464. The van der Waals surface area contributed by atoms with Crippen LogP contribution in [0.3, 0.4) is 0 Å². The van der Waals surface area contributed by atoms with Crippen LogP contribution in [0.15, 0.2) is 0 Å². The first-order chi connectivity index (χ1) is 4.38. The van der Waals surface area contributed by atoms with Crippen LogP contribution in [0.25, 0.3) is 0 Å². The molecule has 0 aromatic rings. The molecule has 2 atom stereocenters. The third-order valence-corrected chi connectivity index (χ3v) is 4.67. The van der Waals surface area contributed by atoms with E-state index >= 15 is 0 Å². The zero-order valence-electron chi connectivity index (χ0n) is 6.29. The summed E-state index contributed by atoms with van der Waals surface area (Å²) in [6.07, 6.45) is 1.69. The topological polar surface area (TPSA) is 60.2 Å². The summed E-state index contributed by atoms with van der Waals surface area (Å²) >= 11 is 0. The quantitative estimate of drug-likeness (QED) is 0.610. The fourth-order valence-electron chi connectivity index (χ4n) is 1.26. The lowest BCUT2D eigenvalue weighted by atomic mass is 9.75. The molecule has 0 aromatic heterocycles. The molecule has 1 aliphatic carbocycles. The van der Waals surface area contributed by atoms with Crippen molar-refractivity contribution in [2.75, 3.05) is 0 Å². The third-order valence-electron chi connectivity index (χ3n) is 2.77. The Morgan fingerprint density at radius 3 is 2.10 bits per heavy atom. The number of primary sulfonamides is 1. The molecule has 0 heterocycles. The minimum absolute atomic E-state index is 0.225. The van der Waals surface area contributed by atoms with Gasteiger partial charge in [0.1, 0.15) is 0 Å². The van der Waals surface area contributed by atoms with E-state index in [1.165, 1.54) is 0 Å². The highest BCUT2D eigenvalue weighted by Gasteiger charge is 2.48. The SMILES string of the molecule is CC1CCC1(C)S(N)(=O)=O. The van der Waals surface area contributed by atoms with Crippen molar-refractivity contribution in [3.8, 4) is 0 Å². The molecule has 0 amide bonds. The number of hydrogen-bond acceptors (Lipinski definition) is 2. The first kappa shape index (κ1) is 8.01. The van der Waals surface area contributed by atoms with Crippen molar-refractivity contribution in [2.24, 2.45) is 11.1 Å². The van der Waals surface area contributed by atoms with E-state index in [1.807, 2.05) is 6.92 Å². The van der Waals surface area contributed by atoms with Crippen molar-refractivity contribution in [1.29, 1.82) is 0 Å². The van der Waals surface area contributed by atoms with E-state index in [9.17, 15) is 8.42 Å². The molecule has 2 unspecified atom stereocenters. The van der Waals surface area contributed by atoms with Gasteiger partial charge < -0.3 is 0 Å². The molecule has 3 nitrogen and oxygen atoms in total. The van der Waals surface area contributed by atoms with Crippen LogP contribution in [0.5, 0.6) is 0 Å². The summed E-state index contributed by atoms with van der Waals surface area (Å²) in [5.74, 6) is 0.225. The lowest BCUT2D eigenvalue weighted by molar-refractivity contribution is 0.243. The van der Waals surface area contributed by atoms with Crippen molar-refractivity contribution in [3.05, 3.63) is 0 Å². The van der Waals surface area contributed by atoms with Crippen LogP contribution < -0.4 is 5.14 Å². The summed E-state index contributed by atoms with van der Waals surface area (Å²) in [6, 6.07) is 0. The minimum atomic E-state index is -3.31. The molecule has 10 heavy (non-hydrogen) atoms. The Morgan fingerprint density at radius 2 is 2.10 bits per heavy atom. The molecule has 0 saturated heterocycles. The minimum Gasteiger partial charge on any atom is -0.228 e. The van der Waals surface area contributed by atoms with Gasteiger partial charge >= 0.3 is 0 Å². The fourth-order valence-corrected chi connectivity index (χ4v) is 2.34. The number of hydrogen-bond donors (Lipinski definition) is 1. The van der Waals surface area contributed by atoms with Gasteiger partial charge in [-0.15, -0.1) is 0 Å². The van der Waals surface area contributed by atoms with Crippen molar-refractivity contribution in [3.63, 3.8) is 0 Å². The first-order valence-electron chi connectivity index (χ1n) is 3.40. The maximum atomic E-state index is 10.9. The lowest BCUT2D eigenvalue weighted by Crippen LogP contribution is -2.52. The van der Waals surface area contributed by atoms with Crippen LogP contribution in [-0.4, -0.2) is 13.2 Å². The highest BCUT2D eigenvalue weighted by Crippen LogP contribution is 2.42. The zero-order chi connectivity index (χ0) is 7.99. The van der Waals surface area contributed by atoms with Gasteiger partial charge in [-0.3, -0.25) is 0 Å². The van der Waals surface area contributed by atoms with Crippen LogP contribution in [0.4, 0.5) is 0 Å². The van der Waals surface area contributed by atoms with E-state index < -0.39 is 14.8 Å². The van der Waals surface area contributed by atoms with Gasteiger partial charge in [-0.05, 0) is 25.7 Å². The number of nitrogens with two attached hydrogens (primary N) is 1. The molecule has 0 bridgehead atoms. The van der Waals surface area contributed by atoms with Gasteiger partial charge in [-0.1, -0.05) is 6.92 Å². The summed E-state index contributed by atoms with van der Waals surface area (Å²) in [4.78, 5) is 0. The Morgan fingerprint density at radius 1 is 1.60 bits per heavy atom. The van der Waals surface area contributed by atoms with Gasteiger partial charge in [0.2, 0.25) is 10.0 Å². The van der Waals surface area contributed by atoms with Gasteiger partial charge in [-0.25, -0.2) is 13.6 Å². The largest absolute Gasteiger partial charge is 0.228 e. The van der Waals surface area contributed by atoms with Crippen LogP contribution in [0.2, 0.25) is 0 Å². The van der Waals surface area contributed by atoms with Gasteiger partial charge in [-0.2, -0.15) is 0 Å². The maximum absolute atomic E-state index is 10.9. The molecule has 2 N–H and O–H groups in total. The highest BCUT2D eigenvalue weighted by molar-refractivity contribution is 7.90. The van der Waals surface area contributed by atoms with E-state index in [0.29, 0.717) is 6.42 Å². The van der Waals surface area contributed by atoms with Crippen LogP contribution in [-0.2, 0) is 10.0 Å². The van der Waals surface area contributed by atoms with E-state index in [4.69, 9.17) is 5.14 Å². The molecule has 1 saturated carbocycles. The predicted molar refractivity (Wildman–Crippen MR) is 39.9 cm³/mol. The summed E-state index contributed by atoms with van der Waals surface area (Å²) in [6.45, 7) is 3.64. The van der Waals surface area contributed by atoms with Crippen molar-refractivity contribution < 1.29 is 8.42 Å². The summed E-state index contributed by atoms with van der Waals surface area (Å²) < 4.78 is 21.2. The molecule has 4 heteroatoms. The molecule has 1 fully saturated rings. The molecular formula is C6H13NO2S. The van der Waals surface area contributed by atoms with Gasteiger partial charge in [0.15, 0.2) is 0 Å². The molecule has 1 rings (SSSR count). The second-order valence-electron chi connectivity index (χ2n) is 3.30. The fraction of sp³-hybridized carbons (Fsp3) is 1.00. The molecular weight excluding hydrogens is 150 g/mol. The normalized spacial score (nSPS) is 40.9. The average molecular weight is 163 g/mol. The molecule has 0 radical (unpaired) electrons. The van der Waals surface area contributed by atoms with Crippen LogP contribution in [0, 0.1) is 5.92 Å². The molecule has 0 aromatic carbocycles. The third kappa shape index (κ3) is 0.864. The monoisotopic (exact) mass is 163 g/mol. The maximum Gasteiger partial charge on any atom is 0.214 e. The molecule has 0 aliphatic heterocycles. The Balaban J connectivity index is 2.91. The first-order valence-corrected chi connectivity index (χ1v) is 4.95. The zero-order valence-corrected chi connectivity index (χ0v) is 7.11. The number of rotatable bonds is 1. The summed E-state index contributed by atoms with van der Waals surface area (Å²) in [5, 5.41) is 5.04. The number of sulfonamides is 1. The standard InChI is InChI=1S/C6H13NO2S/c1-5-3-4-6(5,2)10(7,8)9/h5H,3-4H2,1-2H3,(H2,7,8,9). The summed E-state index contributed by atoms with van der Waals surface area (Å²) in [7, 11) is -3.31. The van der Waals surface area contributed by atoms with Crippen molar-refractivity contribution >= 4 is 10.0 Å². The van der Waals surface area contributed by atoms with E-state index in [1.54, 1.807) is 6.92 Å². The molecule has 1 aliphatic rings. The van der Waals surface area contributed by atoms with Gasteiger partial charge in [0, 0.05) is 0 Å². The smallest absolute Gasteiger partial charge is 0.214 e. The van der Waals surface area contributed by atoms with E-state index in [-0.39, 0.29) is 5.92 Å². The van der Waals surface area contributed by atoms with Crippen LogP contribution >= 0.6 is 0 Å². The Labute approximate surface area is 61.7 Å². The van der Waals surface area contributed by atoms with Crippen molar-refractivity contribution in [2.45, 2.75) is 31.4 Å². The lowest BCUT2D eigenvalue weighted by Gasteiger charge is -2.42. The molecule has 60 valence electrons. The second kappa shape index (κ2) is 1.95. The van der Waals surface area contributed by atoms with E-state index in [0.717, 1.165) is 6.42 Å². The molecule has 0 spiro atoms. The highest BCUT2D eigenvalue weighted by atomic mass is 32.2. The Hall–Kier alpha value is -0.0900. The van der Waals surface area contributed by atoms with Crippen LogP contribution in [0.1, 0.15) is 26.7 Å². The Bertz CT molecular complexity index is 234. The van der Waals surface area contributed by atoms with E-state index in [2.05, 4.69) is 0 Å². The second-order valence-corrected chi connectivity index (χ2v) is 5.32. The average Bonchev–Trinajstić information content (AvgIpc) is 1.80. The van der Waals surface area contributed by atoms with Gasteiger partial charge in [0.25, 0.3) is 0 Å².